The van der Waals surface area contributed by atoms with Gasteiger partial charge in [0.15, 0.2) is 5.13 Å². The summed E-state index contributed by atoms with van der Waals surface area (Å²) in [6, 6.07) is 18.6. The van der Waals surface area contributed by atoms with Gasteiger partial charge in [0.2, 0.25) is 5.91 Å². The predicted molar refractivity (Wildman–Crippen MR) is 131 cm³/mol. The molecule has 0 aliphatic heterocycles. The van der Waals surface area contributed by atoms with Crippen LogP contribution < -0.4 is 4.90 Å². The number of carbonyl (C=O) groups is 1. The summed E-state index contributed by atoms with van der Waals surface area (Å²) >= 11 is 3.37. The number of para-hydroxylation sites is 1. The van der Waals surface area contributed by atoms with Crippen LogP contribution >= 0.6 is 23.1 Å². The zero-order valence-corrected chi connectivity index (χ0v) is 19.4. The molecule has 0 aliphatic carbocycles. The van der Waals surface area contributed by atoms with Gasteiger partial charge in [-0.1, -0.05) is 47.2 Å². The molecular weight excluding hydrogens is 422 g/mol. The third-order valence-corrected chi connectivity index (χ3v) is 7.17. The van der Waals surface area contributed by atoms with E-state index in [1.165, 1.54) is 10.5 Å². The molecule has 4 aromatic rings. The molecule has 0 saturated heterocycles. The number of aromatic nitrogens is 2. The number of benzene rings is 2. The van der Waals surface area contributed by atoms with E-state index < -0.39 is 0 Å². The third-order valence-electron chi connectivity index (χ3n) is 5.03. The molecule has 2 aromatic heterocycles. The predicted octanol–water partition coefficient (Wildman–Crippen LogP) is 6.41. The second-order valence-electron chi connectivity index (χ2n) is 7.52. The third kappa shape index (κ3) is 5.51. The number of carbonyl (C=O) groups excluding carboxylic acids is 1. The van der Waals surface area contributed by atoms with Gasteiger partial charge in [0.1, 0.15) is 0 Å². The number of hydrogen-bond donors (Lipinski definition) is 0. The van der Waals surface area contributed by atoms with Gasteiger partial charge in [0.25, 0.3) is 0 Å². The summed E-state index contributed by atoms with van der Waals surface area (Å²) < 4.78 is 1.11. The van der Waals surface area contributed by atoms with E-state index >= 15 is 0 Å². The van der Waals surface area contributed by atoms with Crippen molar-refractivity contribution < 1.29 is 4.79 Å². The first-order valence-corrected chi connectivity index (χ1v) is 12.2. The van der Waals surface area contributed by atoms with Gasteiger partial charge < -0.3 is 0 Å². The maximum atomic E-state index is 13.2. The fourth-order valence-corrected chi connectivity index (χ4v) is 5.22. The Kier molecular flexibility index (Phi) is 6.99. The first kappa shape index (κ1) is 21.5. The van der Waals surface area contributed by atoms with Crippen LogP contribution in [0.25, 0.3) is 10.2 Å². The molecule has 0 radical (unpaired) electrons. The van der Waals surface area contributed by atoms with Gasteiger partial charge in [0, 0.05) is 23.7 Å². The highest BCUT2D eigenvalue weighted by molar-refractivity contribution is 7.99. The Bertz CT molecular complexity index is 1160. The number of amides is 1. The van der Waals surface area contributed by atoms with Crippen LogP contribution in [0, 0.1) is 13.8 Å². The van der Waals surface area contributed by atoms with E-state index in [-0.39, 0.29) is 5.91 Å². The quantitative estimate of drug-likeness (QED) is 0.231. The lowest BCUT2D eigenvalue weighted by Crippen LogP contribution is -2.30. The van der Waals surface area contributed by atoms with Gasteiger partial charge >= 0.3 is 0 Å². The Morgan fingerprint density at radius 1 is 1.06 bits per heavy atom. The summed E-state index contributed by atoms with van der Waals surface area (Å²) in [7, 11) is 0. The van der Waals surface area contributed by atoms with Crippen molar-refractivity contribution in [2.45, 2.75) is 38.1 Å². The number of nitrogens with zero attached hydrogens (tertiary/aromatic N) is 3. The summed E-state index contributed by atoms with van der Waals surface area (Å²) in [4.78, 5) is 25.3. The van der Waals surface area contributed by atoms with Crippen molar-refractivity contribution >= 4 is 44.4 Å². The van der Waals surface area contributed by atoms with E-state index in [2.05, 4.69) is 55.2 Å². The summed E-state index contributed by atoms with van der Waals surface area (Å²) in [6.45, 7) is 4.63. The second kappa shape index (κ2) is 10.1. The molecule has 4 rings (SSSR count). The van der Waals surface area contributed by atoms with E-state index in [1.54, 1.807) is 29.3 Å². The van der Waals surface area contributed by atoms with Crippen molar-refractivity contribution in [2.75, 3.05) is 10.7 Å². The molecule has 0 atom stereocenters. The van der Waals surface area contributed by atoms with Gasteiger partial charge in [-0.15, -0.1) is 11.8 Å². The minimum absolute atomic E-state index is 0.102. The molecule has 4 nitrogen and oxygen atoms in total. The van der Waals surface area contributed by atoms with Crippen molar-refractivity contribution in [3.8, 4) is 0 Å². The molecule has 0 saturated carbocycles. The summed E-state index contributed by atoms with van der Waals surface area (Å²) in [5, 5.41) is 0.754. The van der Waals surface area contributed by atoms with Crippen molar-refractivity contribution in [2.24, 2.45) is 0 Å². The minimum Gasteiger partial charge on any atom is -0.284 e. The van der Waals surface area contributed by atoms with Crippen molar-refractivity contribution in [3.05, 3.63) is 83.7 Å². The van der Waals surface area contributed by atoms with Crippen LogP contribution in [0.2, 0.25) is 0 Å². The van der Waals surface area contributed by atoms with E-state index in [4.69, 9.17) is 4.98 Å². The highest BCUT2D eigenvalue weighted by Crippen LogP contribution is 2.32. The highest BCUT2D eigenvalue weighted by atomic mass is 32.2. The topological polar surface area (TPSA) is 46.1 Å². The zero-order valence-electron chi connectivity index (χ0n) is 17.7. The van der Waals surface area contributed by atoms with Crippen LogP contribution in [-0.2, 0) is 11.3 Å². The molecule has 0 unspecified atom stereocenters. The van der Waals surface area contributed by atoms with E-state index in [9.17, 15) is 4.79 Å². The maximum Gasteiger partial charge on any atom is 0.229 e. The molecule has 6 heteroatoms. The number of fused-ring (bicyclic) bond motifs is 1. The van der Waals surface area contributed by atoms with Gasteiger partial charge in [-0.25, -0.2) is 4.98 Å². The molecule has 0 bridgehead atoms. The lowest BCUT2D eigenvalue weighted by atomic mass is 10.2. The number of thioether (sulfide) groups is 1. The Morgan fingerprint density at radius 2 is 1.90 bits per heavy atom. The van der Waals surface area contributed by atoms with Gasteiger partial charge in [-0.2, -0.15) is 0 Å². The number of anilines is 1. The standard InChI is InChI=1S/C25H25N3OS2/c1-18-10-12-21(13-11-18)30-15-5-9-23(29)28(17-20-7-4-14-26-16-20)25-27-24-19(2)6-3-8-22(24)31-25/h3-4,6-8,10-14,16H,5,9,15,17H2,1-2H3. The summed E-state index contributed by atoms with van der Waals surface area (Å²) in [5.41, 5.74) is 4.36. The number of rotatable bonds is 8. The number of aryl methyl sites for hydroxylation is 2. The molecule has 0 fully saturated rings. The minimum atomic E-state index is 0.102. The average Bonchev–Trinajstić information content (AvgIpc) is 3.22. The average molecular weight is 448 g/mol. The molecule has 2 aromatic carbocycles. The van der Waals surface area contributed by atoms with Crippen LogP contribution in [-0.4, -0.2) is 21.6 Å². The first-order valence-electron chi connectivity index (χ1n) is 10.3. The SMILES string of the molecule is Cc1ccc(SCCCC(=O)N(Cc2cccnc2)c2nc3c(C)cccc3s2)cc1. The molecule has 0 aliphatic rings. The molecule has 2 heterocycles. The summed E-state index contributed by atoms with van der Waals surface area (Å²) in [5.74, 6) is 1.01. The maximum absolute atomic E-state index is 13.2. The van der Waals surface area contributed by atoms with Crippen LogP contribution in [0.15, 0.2) is 71.9 Å². The fraction of sp³-hybridized carbons (Fsp3) is 0.240. The highest BCUT2D eigenvalue weighted by Gasteiger charge is 2.20. The van der Waals surface area contributed by atoms with Crippen molar-refractivity contribution in [1.29, 1.82) is 0 Å². The number of thiazole rings is 1. The monoisotopic (exact) mass is 447 g/mol. The van der Waals surface area contributed by atoms with Crippen molar-refractivity contribution in [1.82, 2.24) is 9.97 Å². The molecule has 31 heavy (non-hydrogen) atoms. The van der Waals surface area contributed by atoms with E-state index in [1.807, 2.05) is 29.3 Å². The second-order valence-corrected chi connectivity index (χ2v) is 9.70. The molecule has 0 spiro atoms. The van der Waals surface area contributed by atoms with E-state index in [0.717, 1.165) is 38.6 Å². The fourth-order valence-electron chi connectivity index (χ4n) is 3.31. The van der Waals surface area contributed by atoms with Gasteiger partial charge in [0.05, 0.1) is 16.8 Å². The largest absolute Gasteiger partial charge is 0.284 e. The smallest absolute Gasteiger partial charge is 0.229 e. The molecule has 158 valence electrons. The first-order chi connectivity index (χ1) is 15.1. The lowest BCUT2D eigenvalue weighted by Gasteiger charge is -2.20. The Morgan fingerprint density at radius 3 is 2.65 bits per heavy atom. The van der Waals surface area contributed by atoms with Crippen LogP contribution in [0.3, 0.4) is 0 Å². The van der Waals surface area contributed by atoms with Gasteiger partial charge in [-0.3, -0.25) is 14.7 Å². The Hall–Kier alpha value is -2.70. The van der Waals surface area contributed by atoms with Gasteiger partial charge in [-0.05, 0) is 61.4 Å². The van der Waals surface area contributed by atoms with Crippen molar-refractivity contribution in [3.63, 3.8) is 0 Å². The Balaban J connectivity index is 1.47. The molecule has 1 amide bonds. The van der Waals surface area contributed by atoms with Crippen LogP contribution in [0.1, 0.15) is 29.5 Å². The summed E-state index contributed by atoms with van der Waals surface area (Å²) in [6.07, 6.45) is 4.88. The Labute approximate surface area is 191 Å². The zero-order chi connectivity index (χ0) is 21.6. The number of pyridine rings is 1. The number of hydrogen-bond acceptors (Lipinski definition) is 5. The molecular formula is C25H25N3OS2. The van der Waals surface area contributed by atoms with Crippen LogP contribution in [0.5, 0.6) is 0 Å². The lowest BCUT2D eigenvalue weighted by molar-refractivity contribution is -0.118. The molecule has 0 N–H and O–H groups in total. The van der Waals surface area contributed by atoms with Crippen LogP contribution in [0.4, 0.5) is 5.13 Å². The van der Waals surface area contributed by atoms with E-state index in [0.29, 0.717) is 13.0 Å². The normalized spacial score (nSPS) is 11.0.